The summed E-state index contributed by atoms with van der Waals surface area (Å²) in [5, 5.41) is 10.9. The Morgan fingerprint density at radius 1 is 1.14 bits per heavy atom. The van der Waals surface area contributed by atoms with Crippen LogP contribution in [0, 0.1) is 5.41 Å². The lowest BCUT2D eigenvalue weighted by atomic mass is 9.71. The number of carboxylic acid groups (broad SMARTS) is 1. The largest absolute Gasteiger partial charge is 0.480 e. The second-order valence-corrected chi connectivity index (χ2v) is 9.57. The lowest BCUT2D eigenvalue weighted by Crippen LogP contribution is -2.20. The second kappa shape index (κ2) is 7.33. The normalized spacial score (nSPS) is 17.1. The van der Waals surface area contributed by atoms with E-state index in [1.54, 1.807) is 16.7 Å². The van der Waals surface area contributed by atoms with Gasteiger partial charge in [0.1, 0.15) is 6.54 Å². The first kappa shape index (κ1) is 20.2. The van der Waals surface area contributed by atoms with Crippen LogP contribution in [0.2, 0.25) is 10.0 Å². The van der Waals surface area contributed by atoms with Crippen LogP contribution in [-0.2, 0) is 11.3 Å². The number of aromatic nitrogens is 1. The van der Waals surface area contributed by atoms with E-state index in [9.17, 15) is 14.7 Å². The number of carbonyl (C=O) groups is 1. The first-order chi connectivity index (χ1) is 13.7. The fourth-order valence-corrected chi connectivity index (χ4v) is 4.92. The van der Waals surface area contributed by atoms with E-state index in [1.807, 2.05) is 18.2 Å². The van der Waals surface area contributed by atoms with Gasteiger partial charge in [-0.05, 0) is 66.8 Å². The third-order valence-electron chi connectivity index (χ3n) is 6.24. The van der Waals surface area contributed by atoms with Crippen LogP contribution in [0.15, 0.2) is 35.1 Å². The van der Waals surface area contributed by atoms with E-state index in [1.165, 1.54) is 0 Å². The summed E-state index contributed by atoms with van der Waals surface area (Å²) < 4.78 is 1.61. The van der Waals surface area contributed by atoms with Crippen molar-refractivity contribution in [1.82, 2.24) is 4.57 Å². The zero-order valence-corrected chi connectivity index (χ0v) is 18.0. The molecule has 6 heteroatoms. The number of hydrogen-bond acceptors (Lipinski definition) is 2. The van der Waals surface area contributed by atoms with Crippen LogP contribution in [0.25, 0.3) is 21.8 Å². The first-order valence-electron chi connectivity index (χ1n) is 9.84. The average Bonchev–Trinajstić information content (AvgIpc) is 2.67. The summed E-state index contributed by atoms with van der Waals surface area (Å²) in [4.78, 5) is 24.7. The molecule has 1 fully saturated rings. The average molecular weight is 432 g/mol. The van der Waals surface area contributed by atoms with Gasteiger partial charge in [-0.15, -0.1) is 0 Å². The van der Waals surface area contributed by atoms with E-state index in [4.69, 9.17) is 23.2 Å². The maximum absolute atomic E-state index is 13.1. The van der Waals surface area contributed by atoms with Gasteiger partial charge >= 0.3 is 5.97 Å². The maximum atomic E-state index is 13.1. The molecule has 4 rings (SSSR count). The lowest BCUT2D eigenvalue weighted by Gasteiger charge is -2.34. The van der Waals surface area contributed by atoms with Crippen LogP contribution in [0.5, 0.6) is 0 Å². The molecule has 1 aromatic heterocycles. The summed E-state index contributed by atoms with van der Waals surface area (Å²) in [7, 11) is 0. The summed E-state index contributed by atoms with van der Waals surface area (Å²) in [5.41, 5.74) is 2.31. The van der Waals surface area contributed by atoms with Crippen molar-refractivity contribution in [3.05, 3.63) is 56.2 Å². The summed E-state index contributed by atoms with van der Waals surface area (Å²) in [6, 6.07) is 9.00. The number of benzene rings is 2. The molecule has 0 aliphatic heterocycles. The van der Waals surface area contributed by atoms with E-state index >= 15 is 0 Å². The van der Waals surface area contributed by atoms with Crippen LogP contribution in [-0.4, -0.2) is 15.6 Å². The van der Waals surface area contributed by atoms with Crippen LogP contribution >= 0.6 is 23.2 Å². The molecule has 152 valence electrons. The number of carboxylic acids is 1. The highest BCUT2D eigenvalue weighted by atomic mass is 35.5. The molecular weight excluding hydrogens is 409 g/mol. The van der Waals surface area contributed by atoms with Gasteiger partial charge in [0.25, 0.3) is 0 Å². The van der Waals surface area contributed by atoms with E-state index in [2.05, 4.69) is 13.8 Å². The predicted octanol–water partition coefficient (Wildman–Crippen LogP) is 6.23. The summed E-state index contributed by atoms with van der Waals surface area (Å²) in [6.07, 6.45) is 4.47. The van der Waals surface area contributed by atoms with Gasteiger partial charge < -0.3 is 9.67 Å². The third kappa shape index (κ3) is 3.64. The SMILES string of the molecule is CC1(C)CCC(c2ccc3c(=O)c4ccc(Cl)c(Cl)c4n(CC(=O)O)c3c2)CC1. The van der Waals surface area contributed by atoms with Gasteiger partial charge in [0, 0.05) is 10.8 Å². The van der Waals surface area contributed by atoms with Gasteiger partial charge in [0.05, 0.1) is 21.1 Å². The predicted molar refractivity (Wildman–Crippen MR) is 118 cm³/mol. The Labute approximate surface area is 179 Å². The van der Waals surface area contributed by atoms with Gasteiger partial charge in [-0.2, -0.15) is 0 Å². The molecule has 1 aliphatic rings. The topological polar surface area (TPSA) is 59.3 Å². The number of halogens is 2. The minimum atomic E-state index is -1.00. The summed E-state index contributed by atoms with van der Waals surface area (Å²) >= 11 is 12.6. The van der Waals surface area contributed by atoms with Crippen LogP contribution in [0.3, 0.4) is 0 Å². The van der Waals surface area contributed by atoms with Crippen molar-refractivity contribution in [3.63, 3.8) is 0 Å². The molecule has 0 unspecified atom stereocenters. The lowest BCUT2D eigenvalue weighted by molar-refractivity contribution is -0.137. The zero-order valence-electron chi connectivity index (χ0n) is 16.5. The van der Waals surface area contributed by atoms with E-state index in [0.717, 1.165) is 31.2 Å². The van der Waals surface area contributed by atoms with E-state index < -0.39 is 5.97 Å². The Morgan fingerprint density at radius 2 is 1.79 bits per heavy atom. The minimum absolute atomic E-state index is 0.161. The minimum Gasteiger partial charge on any atom is -0.480 e. The highest BCUT2D eigenvalue weighted by Gasteiger charge is 2.28. The fraction of sp³-hybridized carbons (Fsp3) is 0.391. The van der Waals surface area contributed by atoms with Crippen molar-refractivity contribution in [2.45, 2.75) is 52.0 Å². The van der Waals surface area contributed by atoms with Crippen LogP contribution in [0.1, 0.15) is 51.0 Å². The van der Waals surface area contributed by atoms with Crippen molar-refractivity contribution in [2.24, 2.45) is 5.41 Å². The quantitative estimate of drug-likeness (QED) is 0.499. The summed E-state index contributed by atoms with van der Waals surface area (Å²) in [5.74, 6) is -0.594. The summed E-state index contributed by atoms with van der Waals surface area (Å²) in [6.45, 7) is 4.30. The van der Waals surface area contributed by atoms with Crippen molar-refractivity contribution in [1.29, 1.82) is 0 Å². The Morgan fingerprint density at radius 3 is 2.45 bits per heavy atom. The highest BCUT2D eigenvalue weighted by molar-refractivity contribution is 6.45. The number of nitrogens with zero attached hydrogens (tertiary/aromatic N) is 1. The van der Waals surface area contributed by atoms with Gasteiger partial charge in [-0.1, -0.05) is 43.1 Å². The number of aliphatic carboxylic acids is 1. The van der Waals surface area contributed by atoms with Crippen molar-refractivity contribution in [2.75, 3.05) is 0 Å². The third-order valence-corrected chi connectivity index (χ3v) is 7.04. The van der Waals surface area contributed by atoms with Crippen molar-refractivity contribution >= 4 is 51.0 Å². The van der Waals surface area contributed by atoms with E-state index in [-0.39, 0.29) is 17.0 Å². The number of fused-ring (bicyclic) bond motifs is 2. The van der Waals surface area contributed by atoms with Crippen LogP contribution in [0.4, 0.5) is 0 Å². The molecule has 29 heavy (non-hydrogen) atoms. The molecule has 0 atom stereocenters. The number of pyridine rings is 1. The fourth-order valence-electron chi connectivity index (χ4n) is 4.50. The molecule has 2 aromatic carbocycles. The molecule has 1 N–H and O–H groups in total. The molecule has 1 saturated carbocycles. The smallest absolute Gasteiger partial charge is 0.323 e. The Kier molecular flexibility index (Phi) is 5.12. The molecular formula is C23H23Cl2NO3. The van der Waals surface area contributed by atoms with Gasteiger partial charge in [0.15, 0.2) is 5.43 Å². The van der Waals surface area contributed by atoms with E-state index in [0.29, 0.717) is 38.2 Å². The molecule has 0 amide bonds. The van der Waals surface area contributed by atoms with Crippen LogP contribution < -0.4 is 5.43 Å². The van der Waals surface area contributed by atoms with Gasteiger partial charge in [-0.3, -0.25) is 9.59 Å². The molecule has 0 spiro atoms. The Balaban J connectivity index is 1.97. The molecule has 0 bridgehead atoms. The standard InChI is InChI=1S/C23H23Cl2NO3/c1-23(2)9-7-13(8-10-23)14-3-4-15-18(11-14)26(12-19(27)28)21-16(22(15)29)5-6-17(24)20(21)25/h3-6,11,13H,7-10,12H2,1-2H3,(H,27,28). The Bertz CT molecular complexity index is 1190. The van der Waals surface area contributed by atoms with Crippen molar-refractivity contribution in [3.8, 4) is 0 Å². The zero-order chi connectivity index (χ0) is 20.9. The van der Waals surface area contributed by atoms with Crippen molar-refractivity contribution < 1.29 is 9.90 Å². The van der Waals surface area contributed by atoms with Gasteiger partial charge in [0.2, 0.25) is 0 Å². The molecule has 0 saturated heterocycles. The molecule has 0 radical (unpaired) electrons. The highest BCUT2D eigenvalue weighted by Crippen LogP contribution is 2.43. The number of hydrogen-bond donors (Lipinski definition) is 1. The number of rotatable bonds is 3. The molecule has 1 aliphatic carbocycles. The molecule has 3 aromatic rings. The van der Waals surface area contributed by atoms with Gasteiger partial charge in [-0.25, -0.2) is 0 Å². The maximum Gasteiger partial charge on any atom is 0.323 e. The Hall–Kier alpha value is -2.04. The monoisotopic (exact) mass is 431 g/mol. The second-order valence-electron chi connectivity index (χ2n) is 8.78. The first-order valence-corrected chi connectivity index (χ1v) is 10.6. The molecule has 4 nitrogen and oxygen atoms in total. The molecule has 1 heterocycles.